The smallest absolute Gasteiger partial charge is 0.167 e. The Kier molecular flexibility index (Phi) is 7.56. The summed E-state index contributed by atoms with van der Waals surface area (Å²) < 4.78 is 60.4. The van der Waals surface area contributed by atoms with Crippen LogP contribution in [0.25, 0.3) is 11.1 Å². The normalized spacial score (nSPS) is 19.3. The Labute approximate surface area is 169 Å². The zero-order valence-electron chi connectivity index (χ0n) is 16.8. The second-order valence-electron chi connectivity index (χ2n) is 7.22. The molecule has 3 nitrogen and oxygen atoms in total. The molecular weight excluding hydrogens is 381 g/mol. The van der Waals surface area contributed by atoms with Gasteiger partial charge in [0.15, 0.2) is 23.2 Å². The molecule has 2 unspecified atom stereocenters. The van der Waals surface area contributed by atoms with Gasteiger partial charge < -0.3 is 14.2 Å². The fourth-order valence-electron chi connectivity index (χ4n) is 3.42. The van der Waals surface area contributed by atoms with Crippen LogP contribution in [-0.4, -0.2) is 25.9 Å². The molecule has 2 aromatic carbocycles. The van der Waals surface area contributed by atoms with Crippen LogP contribution in [0.4, 0.5) is 13.2 Å². The number of hydrogen-bond acceptors (Lipinski definition) is 3. The van der Waals surface area contributed by atoms with E-state index < -0.39 is 23.6 Å². The van der Waals surface area contributed by atoms with Gasteiger partial charge in [-0.25, -0.2) is 13.2 Å². The van der Waals surface area contributed by atoms with E-state index >= 15 is 0 Å². The topological polar surface area (TPSA) is 27.7 Å². The van der Waals surface area contributed by atoms with E-state index in [4.69, 9.17) is 14.2 Å². The average Bonchev–Trinajstić information content (AvgIpc) is 2.74. The Bertz CT molecular complexity index is 817. The molecule has 0 radical (unpaired) electrons. The number of ether oxygens (including phenoxy) is 3. The van der Waals surface area contributed by atoms with Gasteiger partial charge in [0, 0.05) is 17.7 Å². The van der Waals surface area contributed by atoms with Gasteiger partial charge in [0.2, 0.25) is 0 Å². The predicted molar refractivity (Wildman–Crippen MR) is 105 cm³/mol. The molecule has 2 atom stereocenters. The molecule has 0 amide bonds. The monoisotopic (exact) mass is 408 g/mol. The fraction of sp³-hybridized carbons (Fsp3) is 0.478. The Hall–Kier alpha value is -2.05. The molecule has 0 aliphatic carbocycles. The summed E-state index contributed by atoms with van der Waals surface area (Å²) in [6, 6.07) is 7.11. The van der Waals surface area contributed by atoms with Crippen LogP contribution < -0.4 is 4.74 Å². The second-order valence-corrected chi connectivity index (χ2v) is 7.22. The first kappa shape index (κ1) is 21.7. The molecule has 0 N–H and O–H groups in total. The van der Waals surface area contributed by atoms with E-state index in [9.17, 15) is 13.2 Å². The highest BCUT2D eigenvalue weighted by molar-refractivity contribution is 5.66. The van der Waals surface area contributed by atoms with Crippen molar-refractivity contribution in [2.24, 2.45) is 0 Å². The van der Waals surface area contributed by atoms with Crippen molar-refractivity contribution >= 4 is 0 Å². The quantitative estimate of drug-likeness (QED) is 0.520. The van der Waals surface area contributed by atoms with E-state index in [1.54, 1.807) is 0 Å². The molecule has 0 aromatic heterocycles. The van der Waals surface area contributed by atoms with Crippen molar-refractivity contribution in [1.29, 1.82) is 0 Å². The summed E-state index contributed by atoms with van der Waals surface area (Å²) >= 11 is 0. The van der Waals surface area contributed by atoms with Crippen molar-refractivity contribution in [3.63, 3.8) is 0 Å². The first-order chi connectivity index (χ1) is 14.0. The lowest BCUT2D eigenvalue weighted by molar-refractivity contribution is -0.0875. The molecule has 2 aromatic rings. The number of halogens is 3. The SMILES string of the molecule is CCCOc1ccc(-c2ccc(C3CCC(OCCC)CO3)c(F)c2F)cc1F. The Morgan fingerprint density at radius 2 is 1.76 bits per heavy atom. The molecule has 1 aliphatic rings. The molecule has 3 rings (SSSR count). The molecule has 6 heteroatoms. The van der Waals surface area contributed by atoms with Gasteiger partial charge in [-0.1, -0.05) is 32.0 Å². The third kappa shape index (κ3) is 5.11. The number of rotatable bonds is 8. The van der Waals surface area contributed by atoms with E-state index in [1.165, 1.54) is 24.3 Å². The van der Waals surface area contributed by atoms with Crippen LogP contribution in [0.2, 0.25) is 0 Å². The van der Waals surface area contributed by atoms with Crippen molar-refractivity contribution in [2.45, 2.75) is 51.7 Å². The minimum absolute atomic E-state index is 0.00482. The van der Waals surface area contributed by atoms with E-state index in [-0.39, 0.29) is 28.5 Å². The summed E-state index contributed by atoms with van der Waals surface area (Å²) in [5.74, 6) is -2.46. The van der Waals surface area contributed by atoms with Gasteiger partial charge in [-0.05, 0) is 43.4 Å². The molecule has 0 spiro atoms. The molecule has 1 fully saturated rings. The molecule has 29 heavy (non-hydrogen) atoms. The fourth-order valence-corrected chi connectivity index (χ4v) is 3.42. The molecule has 158 valence electrons. The van der Waals surface area contributed by atoms with Gasteiger partial charge in [0.05, 0.1) is 25.4 Å². The van der Waals surface area contributed by atoms with E-state index in [0.29, 0.717) is 26.2 Å². The predicted octanol–water partition coefficient (Wildman–Crippen LogP) is 6.21. The summed E-state index contributed by atoms with van der Waals surface area (Å²) in [7, 11) is 0. The Morgan fingerprint density at radius 1 is 0.966 bits per heavy atom. The average molecular weight is 408 g/mol. The van der Waals surface area contributed by atoms with Crippen LogP contribution in [0.15, 0.2) is 30.3 Å². The third-order valence-corrected chi connectivity index (χ3v) is 4.96. The van der Waals surface area contributed by atoms with Gasteiger partial charge >= 0.3 is 0 Å². The van der Waals surface area contributed by atoms with E-state index in [1.807, 2.05) is 13.8 Å². The maximum absolute atomic E-state index is 14.8. The van der Waals surface area contributed by atoms with Crippen molar-refractivity contribution in [3.05, 3.63) is 53.3 Å². The van der Waals surface area contributed by atoms with Crippen LogP contribution in [0.1, 0.15) is 51.2 Å². The van der Waals surface area contributed by atoms with Gasteiger partial charge in [-0.15, -0.1) is 0 Å². The van der Waals surface area contributed by atoms with E-state index in [0.717, 1.165) is 25.3 Å². The Balaban J connectivity index is 1.76. The number of hydrogen-bond donors (Lipinski definition) is 0. The van der Waals surface area contributed by atoms with Gasteiger partial charge in [0.1, 0.15) is 0 Å². The molecular formula is C23H27F3O3. The summed E-state index contributed by atoms with van der Waals surface area (Å²) in [6.45, 7) is 5.36. The van der Waals surface area contributed by atoms with Crippen molar-refractivity contribution < 1.29 is 27.4 Å². The lowest BCUT2D eigenvalue weighted by atomic mass is 9.96. The maximum atomic E-state index is 14.8. The minimum atomic E-state index is -1.00. The van der Waals surface area contributed by atoms with Crippen molar-refractivity contribution in [1.82, 2.24) is 0 Å². The highest BCUT2D eigenvalue weighted by Crippen LogP contribution is 2.35. The van der Waals surface area contributed by atoms with Gasteiger partial charge in [0.25, 0.3) is 0 Å². The van der Waals surface area contributed by atoms with Gasteiger partial charge in [-0.2, -0.15) is 0 Å². The van der Waals surface area contributed by atoms with Gasteiger partial charge in [-0.3, -0.25) is 0 Å². The lowest BCUT2D eigenvalue weighted by Crippen LogP contribution is -2.28. The number of benzene rings is 2. The zero-order valence-corrected chi connectivity index (χ0v) is 16.8. The van der Waals surface area contributed by atoms with Crippen molar-refractivity contribution in [2.75, 3.05) is 19.8 Å². The summed E-state index contributed by atoms with van der Waals surface area (Å²) in [5, 5.41) is 0. The Morgan fingerprint density at radius 3 is 2.41 bits per heavy atom. The largest absolute Gasteiger partial charge is 0.491 e. The van der Waals surface area contributed by atoms with Crippen LogP contribution in [0, 0.1) is 17.5 Å². The standard InChI is InChI=1S/C23H27F3O3/c1-3-11-27-16-6-10-20(29-14-16)18-8-7-17(22(25)23(18)26)15-5-9-21(19(24)13-15)28-12-4-2/h5,7-9,13,16,20H,3-4,6,10-12,14H2,1-2H3. The van der Waals surface area contributed by atoms with Crippen LogP contribution in [0.5, 0.6) is 5.75 Å². The summed E-state index contributed by atoms with van der Waals surface area (Å²) in [4.78, 5) is 0. The lowest BCUT2D eigenvalue weighted by Gasteiger charge is -2.29. The first-order valence-electron chi connectivity index (χ1n) is 10.2. The highest BCUT2D eigenvalue weighted by atomic mass is 19.2. The highest BCUT2D eigenvalue weighted by Gasteiger charge is 2.27. The molecule has 1 aliphatic heterocycles. The second kappa shape index (κ2) is 10.1. The first-order valence-corrected chi connectivity index (χ1v) is 10.2. The summed E-state index contributed by atoms with van der Waals surface area (Å²) in [6.07, 6.45) is 2.45. The summed E-state index contributed by atoms with van der Waals surface area (Å²) in [5.41, 5.74) is 0.447. The van der Waals surface area contributed by atoms with Crippen molar-refractivity contribution in [3.8, 4) is 16.9 Å². The third-order valence-electron chi connectivity index (χ3n) is 4.96. The molecule has 1 saturated heterocycles. The van der Waals surface area contributed by atoms with Crippen LogP contribution in [0.3, 0.4) is 0 Å². The van der Waals surface area contributed by atoms with E-state index in [2.05, 4.69) is 0 Å². The molecule has 0 bridgehead atoms. The molecule has 1 heterocycles. The molecule has 0 saturated carbocycles. The minimum Gasteiger partial charge on any atom is -0.491 e. The maximum Gasteiger partial charge on any atom is 0.167 e. The van der Waals surface area contributed by atoms with Crippen LogP contribution >= 0.6 is 0 Å². The zero-order chi connectivity index (χ0) is 20.8. The van der Waals surface area contributed by atoms with Crippen LogP contribution in [-0.2, 0) is 9.47 Å².